The van der Waals surface area contributed by atoms with Crippen molar-refractivity contribution in [3.05, 3.63) is 81.7 Å². The smallest absolute Gasteiger partial charge is 0.269 e. The molecule has 2 aromatic heterocycles. The van der Waals surface area contributed by atoms with Crippen LogP contribution >= 0.6 is 11.8 Å². The zero-order valence-corrected chi connectivity index (χ0v) is 17.0. The predicted octanol–water partition coefficient (Wildman–Crippen LogP) is 3.53. The number of non-ortho nitro benzene ring substituents is 1. The lowest BCUT2D eigenvalue weighted by molar-refractivity contribution is -0.384. The first kappa shape index (κ1) is 20.5. The molecule has 0 fully saturated rings. The molecule has 0 saturated carbocycles. The molecule has 10 nitrogen and oxygen atoms in total. The van der Waals surface area contributed by atoms with Gasteiger partial charge in [0.2, 0.25) is 16.9 Å². The summed E-state index contributed by atoms with van der Waals surface area (Å²) in [6.07, 6.45) is 0.204. The Balaban J connectivity index is 1.47. The number of benzene rings is 2. The highest BCUT2D eigenvalue weighted by atomic mass is 32.2. The number of aromatic nitrogens is 5. The van der Waals surface area contributed by atoms with Gasteiger partial charge in [-0.25, -0.2) is 9.07 Å². The van der Waals surface area contributed by atoms with E-state index in [1.165, 1.54) is 34.6 Å². The highest BCUT2D eigenvalue weighted by molar-refractivity contribution is 7.99. The number of thioether (sulfide) groups is 1. The molecular formula is C19H16FN7O3S. The van der Waals surface area contributed by atoms with E-state index in [1.807, 2.05) is 6.92 Å². The molecule has 4 aromatic rings. The minimum Gasteiger partial charge on any atom is -0.419 e. The molecule has 1 atom stereocenters. The minimum atomic E-state index is -0.481. The van der Waals surface area contributed by atoms with Crippen LogP contribution in [0.4, 0.5) is 10.1 Å². The third kappa shape index (κ3) is 4.38. The van der Waals surface area contributed by atoms with Gasteiger partial charge < -0.3 is 10.3 Å². The third-order valence-corrected chi connectivity index (χ3v) is 5.48. The van der Waals surface area contributed by atoms with E-state index in [9.17, 15) is 14.5 Å². The van der Waals surface area contributed by atoms with Crippen LogP contribution in [0, 0.1) is 15.9 Å². The van der Waals surface area contributed by atoms with Crippen molar-refractivity contribution in [3.63, 3.8) is 0 Å². The molecule has 0 aliphatic carbocycles. The second-order valence-electron chi connectivity index (χ2n) is 6.55. The standard InChI is InChI=1S/C19H16FN7O3S/c1-11(17-23-24-18(30-17)12-6-8-14(9-7-12)27(28)29)31-19-25-22-16(26(19)21)10-13-4-2-3-5-15(13)20/h2-9,11H,10,21H2,1H3/t11-/m1/s1. The first-order valence-corrected chi connectivity index (χ1v) is 9.98. The van der Waals surface area contributed by atoms with Crippen LogP contribution in [0.25, 0.3) is 11.5 Å². The van der Waals surface area contributed by atoms with E-state index in [0.717, 1.165) is 0 Å². The molecule has 2 aromatic carbocycles. The van der Waals surface area contributed by atoms with Gasteiger partial charge in [-0.3, -0.25) is 10.1 Å². The van der Waals surface area contributed by atoms with Crippen LogP contribution in [0.1, 0.15) is 29.5 Å². The first-order chi connectivity index (χ1) is 14.9. The van der Waals surface area contributed by atoms with Crippen molar-refractivity contribution in [2.75, 3.05) is 5.84 Å². The predicted molar refractivity (Wildman–Crippen MR) is 110 cm³/mol. The molecule has 0 radical (unpaired) electrons. The van der Waals surface area contributed by atoms with Gasteiger partial charge in [0, 0.05) is 24.1 Å². The lowest BCUT2D eigenvalue weighted by Crippen LogP contribution is -2.15. The summed E-state index contributed by atoms with van der Waals surface area (Å²) in [7, 11) is 0. The number of nitro benzene ring substituents is 1. The van der Waals surface area contributed by atoms with Gasteiger partial charge in [-0.2, -0.15) is 0 Å². The number of hydrogen-bond acceptors (Lipinski definition) is 9. The van der Waals surface area contributed by atoms with Crippen molar-refractivity contribution in [1.82, 2.24) is 25.1 Å². The van der Waals surface area contributed by atoms with Crippen molar-refractivity contribution in [3.8, 4) is 11.5 Å². The molecule has 0 aliphatic heterocycles. The SMILES string of the molecule is C[C@@H](Sc1nnc(Cc2ccccc2F)n1N)c1nnc(-c2ccc([N+](=O)[O-])cc2)o1. The molecule has 2 heterocycles. The topological polar surface area (TPSA) is 139 Å². The lowest BCUT2D eigenvalue weighted by atomic mass is 10.1. The Hall–Kier alpha value is -3.80. The van der Waals surface area contributed by atoms with Crippen molar-refractivity contribution in [2.24, 2.45) is 0 Å². The summed E-state index contributed by atoms with van der Waals surface area (Å²) in [6.45, 7) is 1.84. The highest BCUT2D eigenvalue weighted by Crippen LogP contribution is 2.34. The summed E-state index contributed by atoms with van der Waals surface area (Å²) < 4.78 is 20.9. The molecule has 0 spiro atoms. The first-order valence-electron chi connectivity index (χ1n) is 9.10. The Bertz CT molecular complexity index is 1230. The Morgan fingerprint density at radius 3 is 2.61 bits per heavy atom. The van der Waals surface area contributed by atoms with E-state index in [-0.39, 0.29) is 29.1 Å². The summed E-state index contributed by atoms with van der Waals surface area (Å²) >= 11 is 1.26. The minimum absolute atomic E-state index is 0.0270. The van der Waals surface area contributed by atoms with Crippen LogP contribution < -0.4 is 5.84 Å². The maximum Gasteiger partial charge on any atom is 0.269 e. The van der Waals surface area contributed by atoms with Gasteiger partial charge in [0.1, 0.15) is 5.82 Å². The summed E-state index contributed by atoms with van der Waals surface area (Å²) in [4.78, 5) is 10.3. The van der Waals surface area contributed by atoms with Crippen molar-refractivity contribution in [2.45, 2.75) is 23.8 Å². The Labute approximate surface area is 179 Å². The number of nitro groups is 1. The fourth-order valence-electron chi connectivity index (χ4n) is 2.77. The number of nitrogen functional groups attached to an aromatic ring is 1. The Morgan fingerprint density at radius 2 is 1.90 bits per heavy atom. The van der Waals surface area contributed by atoms with E-state index in [2.05, 4.69) is 20.4 Å². The van der Waals surface area contributed by atoms with Gasteiger partial charge in [-0.1, -0.05) is 30.0 Å². The molecule has 12 heteroatoms. The Kier molecular flexibility index (Phi) is 5.62. The maximum absolute atomic E-state index is 13.9. The van der Waals surface area contributed by atoms with Gasteiger partial charge in [0.05, 0.1) is 10.2 Å². The number of hydrogen-bond donors (Lipinski definition) is 1. The molecule has 0 unspecified atom stereocenters. The third-order valence-electron chi connectivity index (χ3n) is 4.44. The molecule has 158 valence electrons. The van der Waals surface area contributed by atoms with Crippen LogP contribution in [0.5, 0.6) is 0 Å². The van der Waals surface area contributed by atoms with E-state index >= 15 is 0 Å². The maximum atomic E-state index is 13.9. The molecule has 4 rings (SSSR count). The largest absolute Gasteiger partial charge is 0.419 e. The van der Waals surface area contributed by atoms with Gasteiger partial charge in [0.15, 0.2) is 5.82 Å². The summed E-state index contributed by atoms with van der Waals surface area (Å²) in [5.41, 5.74) is 1.01. The summed E-state index contributed by atoms with van der Waals surface area (Å²) in [6, 6.07) is 12.2. The van der Waals surface area contributed by atoms with Crippen molar-refractivity contribution < 1.29 is 13.7 Å². The average Bonchev–Trinajstić information content (AvgIpc) is 3.38. The second kappa shape index (κ2) is 8.52. The Morgan fingerprint density at radius 1 is 1.16 bits per heavy atom. The quantitative estimate of drug-likeness (QED) is 0.197. The van der Waals surface area contributed by atoms with Gasteiger partial charge >= 0.3 is 0 Å². The average molecular weight is 441 g/mol. The number of halogens is 1. The molecule has 2 N–H and O–H groups in total. The lowest BCUT2D eigenvalue weighted by Gasteiger charge is -2.07. The van der Waals surface area contributed by atoms with Gasteiger partial charge in [-0.05, 0) is 30.7 Å². The van der Waals surface area contributed by atoms with E-state index < -0.39 is 4.92 Å². The number of rotatable bonds is 7. The fraction of sp³-hybridized carbons (Fsp3) is 0.158. The van der Waals surface area contributed by atoms with E-state index in [1.54, 1.807) is 30.3 Å². The normalized spacial score (nSPS) is 12.1. The molecule has 0 bridgehead atoms. The van der Waals surface area contributed by atoms with Crippen LogP contribution in [0.15, 0.2) is 58.1 Å². The van der Waals surface area contributed by atoms with Gasteiger partial charge in [0.25, 0.3) is 5.69 Å². The monoisotopic (exact) mass is 441 g/mol. The highest BCUT2D eigenvalue weighted by Gasteiger charge is 2.21. The van der Waals surface area contributed by atoms with E-state index in [0.29, 0.717) is 28.0 Å². The number of nitrogens with zero attached hydrogens (tertiary/aromatic N) is 6. The second-order valence-corrected chi connectivity index (χ2v) is 7.85. The zero-order valence-electron chi connectivity index (χ0n) is 16.2. The molecule has 0 amide bonds. The zero-order chi connectivity index (χ0) is 22.0. The van der Waals surface area contributed by atoms with Crippen LogP contribution in [0.3, 0.4) is 0 Å². The summed E-state index contributed by atoms with van der Waals surface area (Å²) in [5.74, 6) is 6.74. The van der Waals surface area contributed by atoms with Crippen LogP contribution in [-0.4, -0.2) is 30.0 Å². The van der Waals surface area contributed by atoms with Crippen molar-refractivity contribution in [1.29, 1.82) is 0 Å². The van der Waals surface area contributed by atoms with E-state index in [4.69, 9.17) is 10.3 Å². The van der Waals surface area contributed by atoms with Gasteiger partial charge in [-0.15, -0.1) is 20.4 Å². The molecule has 31 heavy (non-hydrogen) atoms. The van der Waals surface area contributed by atoms with Crippen LogP contribution in [0.2, 0.25) is 0 Å². The van der Waals surface area contributed by atoms with Crippen LogP contribution in [-0.2, 0) is 6.42 Å². The molecule has 0 aliphatic rings. The summed E-state index contributed by atoms with van der Waals surface area (Å²) in [5, 5.41) is 27.1. The fourth-order valence-corrected chi connectivity index (χ4v) is 3.59. The van der Waals surface area contributed by atoms with Crippen molar-refractivity contribution >= 4 is 17.4 Å². The number of nitrogens with two attached hydrogens (primary N) is 1. The molecule has 0 saturated heterocycles. The molecular weight excluding hydrogens is 425 g/mol.